The van der Waals surface area contributed by atoms with Gasteiger partial charge in [-0.05, 0) is 42.4 Å². The van der Waals surface area contributed by atoms with E-state index in [-0.39, 0.29) is 17.2 Å². The predicted octanol–water partition coefficient (Wildman–Crippen LogP) is 4.04. The number of ether oxygens (including phenoxy) is 2. The van der Waals surface area contributed by atoms with Crippen LogP contribution in [-0.2, 0) is 14.3 Å². The van der Waals surface area contributed by atoms with Crippen molar-refractivity contribution in [2.45, 2.75) is 12.8 Å². The molecule has 0 amide bonds. The molecule has 1 aromatic heterocycles. The van der Waals surface area contributed by atoms with Gasteiger partial charge in [-0.25, -0.2) is 14.6 Å². The number of aromatic nitrogens is 2. The molecule has 1 aliphatic rings. The first-order valence-corrected chi connectivity index (χ1v) is 10.7. The van der Waals surface area contributed by atoms with Crippen molar-refractivity contribution in [1.82, 2.24) is 9.97 Å². The standard InChI is InChI=1S/C24H22N4O4S/c1-3-32-23(30)17-16(13-9-11-15(12-10-13)22(29)31-2)18-20(25)27-24(33)28-21(18)26-19(17)14-7-5-4-6-8-14/h4-12,16H,3H2,1-2H3,(H4,25,26,27,28,33). The number of hydrogen-bond donors (Lipinski definition) is 3. The van der Waals surface area contributed by atoms with E-state index in [1.165, 1.54) is 7.11 Å². The van der Waals surface area contributed by atoms with Gasteiger partial charge in [-0.3, -0.25) is 0 Å². The second-order valence-corrected chi connectivity index (χ2v) is 7.65. The molecule has 8 nitrogen and oxygen atoms in total. The molecule has 168 valence electrons. The SMILES string of the molecule is CCOC(=O)C1=C(c2ccccc2)Nc2nc(=S)[nH]c(N)c2C1c1ccc(C(=O)OC)cc1. The summed E-state index contributed by atoms with van der Waals surface area (Å²) >= 11 is 5.23. The minimum absolute atomic E-state index is 0.205. The summed E-state index contributed by atoms with van der Waals surface area (Å²) in [6.45, 7) is 1.95. The molecule has 2 aromatic carbocycles. The van der Waals surface area contributed by atoms with Gasteiger partial charge in [0.1, 0.15) is 11.6 Å². The van der Waals surface area contributed by atoms with Gasteiger partial charge >= 0.3 is 11.9 Å². The summed E-state index contributed by atoms with van der Waals surface area (Å²) in [7, 11) is 1.32. The number of esters is 2. The second kappa shape index (κ2) is 9.25. The third-order valence-electron chi connectivity index (χ3n) is 5.31. The molecule has 1 unspecified atom stereocenters. The highest BCUT2D eigenvalue weighted by Crippen LogP contribution is 2.45. The smallest absolute Gasteiger partial charge is 0.337 e. The summed E-state index contributed by atoms with van der Waals surface area (Å²) in [5.74, 6) is -0.831. The zero-order chi connectivity index (χ0) is 23.5. The monoisotopic (exact) mass is 462 g/mol. The van der Waals surface area contributed by atoms with Gasteiger partial charge in [-0.1, -0.05) is 42.5 Å². The van der Waals surface area contributed by atoms with E-state index in [0.717, 1.165) is 11.1 Å². The molecule has 1 atom stereocenters. The number of H-pyrrole nitrogens is 1. The Hall–Kier alpha value is -3.98. The number of nitrogens with one attached hydrogen (secondary N) is 2. The molecular formula is C24H22N4O4S. The largest absolute Gasteiger partial charge is 0.465 e. The number of fused-ring (bicyclic) bond motifs is 1. The third kappa shape index (κ3) is 4.22. The molecule has 0 saturated heterocycles. The van der Waals surface area contributed by atoms with Crippen LogP contribution >= 0.6 is 12.2 Å². The predicted molar refractivity (Wildman–Crippen MR) is 127 cm³/mol. The normalized spacial score (nSPS) is 14.8. The molecule has 3 aromatic rings. The summed E-state index contributed by atoms with van der Waals surface area (Å²) in [6.07, 6.45) is 0. The van der Waals surface area contributed by atoms with Gasteiger partial charge in [0.15, 0.2) is 4.77 Å². The van der Waals surface area contributed by atoms with Crippen LogP contribution in [0.5, 0.6) is 0 Å². The summed E-state index contributed by atoms with van der Waals surface area (Å²) < 4.78 is 10.5. The lowest BCUT2D eigenvalue weighted by Gasteiger charge is -2.31. The Labute approximate surface area is 195 Å². The van der Waals surface area contributed by atoms with E-state index >= 15 is 0 Å². The van der Waals surface area contributed by atoms with Crippen molar-refractivity contribution in [3.05, 3.63) is 87.2 Å². The maximum Gasteiger partial charge on any atom is 0.337 e. The van der Waals surface area contributed by atoms with Crippen LogP contribution in [-0.4, -0.2) is 35.6 Å². The zero-order valence-electron chi connectivity index (χ0n) is 18.0. The van der Waals surface area contributed by atoms with E-state index in [4.69, 9.17) is 27.4 Å². The Kier molecular flexibility index (Phi) is 6.23. The van der Waals surface area contributed by atoms with Gasteiger partial charge < -0.3 is 25.5 Å². The number of nitrogens with zero attached hydrogens (tertiary/aromatic N) is 1. The van der Waals surface area contributed by atoms with Gasteiger partial charge in [-0.15, -0.1) is 0 Å². The molecule has 0 radical (unpaired) electrons. The van der Waals surface area contributed by atoms with Crippen LogP contribution in [0.1, 0.15) is 39.9 Å². The number of methoxy groups -OCH3 is 1. The molecule has 0 bridgehead atoms. The maximum atomic E-state index is 13.3. The summed E-state index contributed by atoms with van der Waals surface area (Å²) in [5.41, 5.74) is 9.72. The Balaban J connectivity index is 2.00. The average molecular weight is 463 g/mol. The number of aromatic amines is 1. The Morgan fingerprint density at radius 3 is 2.42 bits per heavy atom. The molecule has 0 aliphatic carbocycles. The van der Waals surface area contributed by atoms with E-state index in [0.29, 0.717) is 28.2 Å². The van der Waals surface area contributed by atoms with Crippen molar-refractivity contribution >= 4 is 41.5 Å². The highest BCUT2D eigenvalue weighted by Gasteiger charge is 2.37. The number of nitrogens with two attached hydrogens (primary N) is 1. The van der Waals surface area contributed by atoms with Crippen LogP contribution in [0.3, 0.4) is 0 Å². The zero-order valence-corrected chi connectivity index (χ0v) is 18.9. The first-order chi connectivity index (χ1) is 15.9. The van der Waals surface area contributed by atoms with Crippen molar-refractivity contribution in [3.8, 4) is 0 Å². The fraction of sp³-hybridized carbons (Fsp3) is 0.167. The first-order valence-electron chi connectivity index (χ1n) is 10.3. The number of benzene rings is 2. The number of carbonyl (C=O) groups excluding carboxylic acids is 2. The van der Waals surface area contributed by atoms with Gasteiger partial charge in [0.25, 0.3) is 0 Å². The van der Waals surface area contributed by atoms with E-state index < -0.39 is 17.9 Å². The molecule has 4 rings (SSSR count). The highest BCUT2D eigenvalue weighted by molar-refractivity contribution is 7.71. The number of rotatable bonds is 5. The van der Waals surface area contributed by atoms with Crippen LogP contribution in [0, 0.1) is 4.77 Å². The minimum atomic E-state index is -0.624. The van der Waals surface area contributed by atoms with Gasteiger partial charge in [-0.2, -0.15) is 0 Å². The summed E-state index contributed by atoms with van der Waals surface area (Å²) in [5, 5.41) is 3.25. The van der Waals surface area contributed by atoms with E-state index in [1.54, 1.807) is 31.2 Å². The number of anilines is 2. The molecule has 4 N–H and O–H groups in total. The van der Waals surface area contributed by atoms with Crippen molar-refractivity contribution in [3.63, 3.8) is 0 Å². The third-order valence-corrected chi connectivity index (χ3v) is 5.51. The van der Waals surface area contributed by atoms with Gasteiger partial charge in [0, 0.05) is 5.56 Å². The van der Waals surface area contributed by atoms with Crippen molar-refractivity contribution < 1.29 is 19.1 Å². The fourth-order valence-corrected chi connectivity index (χ4v) is 4.09. The number of nitrogen functional groups attached to an aromatic ring is 1. The summed E-state index contributed by atoms with van der Waals surface area (Å²) in [6, 6.07) is 16.2. The second-order valence-electron chi connectivity index (χ2n) is 7.26. The molecule has 0 spiro atoms. The molecule has 0 fully saturated rings. The Morgan fingerprint density at radius 2 is 1.79 bits per heavy atom. The van der Waals surface area contributed by atoms with Crippen molar-refractivity contribution in [2.24, 2.45) is 0 Å². The van der Waals surface area contributed by atoms with E-state index in [9.17, 15) is 9.59 Å². The lowest BCUT2D eigenvalue weighted by molar-refractivity contribution is -0.138. The van der Waals surface area contributed by atoms with Crippen LogP contribution in [0.4, 0.5) is 11.6 Å². The van der Waals surface area contributed by atoms with Crippen molar-refractivity contribution in [2.75, 3.05) is 24.8 Å². The topological polar surface area (TPSA) is 119 Å². The first kappa shape index (κ1) is 22.2. The number of hydrogen-bond acceptors (Lipinski definition) is 8. The highest BCUT2D eigenvalue weighted by atomic mass is 32.1. The minimum Gasteiger partial charge on any atom is -0.465 e. The van der Waals surface area contributed by atoms with Gasteiger partial charge in [0.05, 0.1) is 36.5 Å². The summed E-state index contributed by atoms with van der Waals surface area (Å²) in [4.78, 5) is 32.5. The van der Waals surface area contributed by atoms with E-state index in [2.05, 4.69) is 15.3 Å². The van der Waals surface area contributed by atoms with Crippen LogP contribution in [0.15, 0.2) is 60.2 Å². The molecule has 9 heteroatoms. The molecule has 0 saturated carbocycles. The molecule has 33 heavy (non-hydrogen) atoms. The number of carbonyl (C=O) groups is 2. The lowest BCUT2D eigenvalue weighted by atomic mass is 9.80. The van der Waals surface area contributed by atoms with Gasteiger partial charge in [0.2, 0.25) is 0 Å². The fourth-order valence-electron chi connectivity index (χ4n) is 3.89. The molecular weight excluding hydrogens is 440 g/mol. The quantitative estimate of drug-likeness (QED) is 0.384. The molecule has 2 heterocycles. The van der Waals surface area contributed by atoms with Crippen LogP contribution in [0.25, 0.3) is 5.70 Å². The average Bonchev–Trinajstić information content (AvgIpc) is 2.83. The van der Waals surface area contributed by atoms with Crippen molar-refractivity contribution in [1.29, 1.82) is 0 Å². The lowest BCUT2D eigenvalue weighted by Crippen LogP contribution is -2.27. The van der Waals surface area contributed by atoms with E-state index in [1.807, 2.05) is 30.3 Å². The van der Waals surface area contributed by atoms with Crippen LogP contribution < -0.4 is 11.1 Å². The molecule has 1 aliphatic heterocycles. The van der Waals surface area contributed by atoms with Crippen LogP contribution in [0.2, 0.25) is 0 Å². The maximum absolute atomic E-state index is 13.3. The Bertz CT molecular complexity index is 1300. The Morgan fingerprint density at radius 1 is 1.09 bits per heavy atom.